The molecule has 1 aliphatic heterocycles. The maximum Gasteiger partial charge on any atom is 0.293 e. The fourth-order valence-electron chi connectivity index (χ4n) is 4.65. The number of hydrogen-bond acceptors (Lipinski definition) is 6. The van der Waals surface area contributed by atoms with Gasteiger partial charge in [0.05, 0.1) is 12.8 Å². The smallest absolute Gasteiger partial charge is 0.293 e. The highest BCUT2D eigenvalue weighted by atomic mass is 16.5. The average molecular weight is 453 g/mol. The first-order chi connectivity index (χ1) is 15.9. The largest absolute Gasteiger partial charge is 0.497 e. The number of rotatable bonds is 8. The maximum atomic E-state index is 12.8. The molecule has 1 N–H and O–H groups in total. The minimum atomic E-state index is -0.351. The van der Waals surface area contributed by atoms with E-state index in [4.69, 9.17) is 4.74 Å². The number of fused-ring (bicyclic) bond motifs is 1. The van der Waals surface area contributed by atoms with Crippen LogP contribution in [-0.2, 0) is 11.3 Å². The first-order valence-corrected chi connectivity index (χ1v) is 11.5. The SMILES string of the molecule is COc1ccc(-c2cc3c(=O)n(CC(=O)NCCCN4C[C@H](C)C[C@H](C)C4)ncn3n2)cc1. The molecule has 0 spiro atoms. The van der Waals surface area contributed by atoms with E-state index in [2.05, 4.69) is 34.3 Å². The zero-order chi connectivity index (χ0) is 23.4. The summed E-state index contributed by atoms with van der Waals surface area (Å²) in [5, 5.41) is 11.5. The van der Waals surface area contributed by atoms with Gasteiger partial charge in [-0.15, -0.1) is 0 Å². The van der Waals surface area contributed by atoms with E-state index in [1.165, 1.54) is 21.9 Å². The molecular weight excluding hydrogens is 420 g/mol. The third-order valence-corrected chi connectivity index (χ3v) is 6.09. The molecule has 0 radical (unpaired) electrons. The summed E-state index contributed by atoms with van der Waals surface area (Å²) in [4.78, 5) is 27.7. The molecule has 9 heteroatoms. The van der Waals surface area contributed by atoms with Crippen LogP contribution in [0.5, 0.6) is 5.75 Å². The summed E-state index contributed by atoms with van der Waals surface area (Å²) in [6.07, 6.45) is 3.63. The molecule has 0 unspecified atom stereocenters. The van der Waals surface area contributed by atoms with Gasteiger partial charge in [-0.05, 0) is 61.6 Å². The molecule has 1 fully saturated rings. The summed E-state index contributed by atoms with van der Waals surface area (Å²) < 4.78 is 7.80. The quantitative estimate of drug-likeness (QED) is 0.526. The van der Waals surface area contributed by atoms with E-state index in [9.17, 15) is 9.59 Å². The van der Waals surface area contributed by atoms with Crippen LogP contribution in [0.4, 0.5) is 0 Å². The molecule has 9 nitrogen and oxygen atoms in total. The number of benzene rings is 1. The van der Waals surface area contributed by atoms with Crippen molar-refractivity contribution in [1.29, 1.82) is 0 Å². The number of methoxy groups -OCH3 is 1. The number of ether oxygens (including phenoxy) is 1. The van der Waals surface area contributed by atoms with Crippen LogP contribution in [-0.4, -0.2) is 63.5 Å². The van der Waals surface area contributed by atoms with Crippen molar-refractivity contribution in [2.75, 3.05) is 33.3 Å². The topological polar surface area (TPSA) is 93.8 Å². The molecule has 2 aromatic heterocycles. The van der Waals surface area contributed by atoms with E-state index >= 15 is 0 Å². The number of nitrogens with zero attached hydrogens (tertiary/aromatic N) is 5. The highest BCUT2D eigenvalue weighted by Gasteiger charge is 2.21. The lowest BCUT2D eigenvalue weighted by atomic mass is 9.92. The fourth-order valence-corrected chi connectivity index (χ4v) is 4.65. The van der Waals surface area contributed by atoms with Crippen LogP contribution in [0, 0.1) is 11.8 Å². The first kappa shape index (κ1) is 23.0. The van der Waals surface area contributed by atoms with Crippen LogP contribution in [0.1, 0.15) is 26.7 Å². The monoisotopic (exact) mass is 452 g/mol. The van der Waals surface area contributed by atoms with E-state index in [1.807, 2.05) is 24.3 Å². The lowest BCUT2D eigenvalue weighted by molar-refractivity contribution is -0.121. The molecule has 0 aliphatic carbocycles. The van der Waals surface area contributed by atoms with E-state index in [1.54, 1.807) is 13.2 Å². The zero-order valence-electron chi connectivity index (χ0n) is 19.5. The maximum absolute atomic E-state index is 12.8. The van der Waals surface area contributed by atoms with Gasteiger partial charge in [0.2, 0.25) is 5.91 Å². The Morgan fingerprint density at radius 1 is 1.18 bits per heavy atom. The predicted octanol–water partition coefficient (Wildman–Crippen LogP) is 2.05. The molecule has 1 aromatic carbocycles. The van der Waals surface area contributed by atoms with Crippen LogP contribution >= 0.6 is 0 Å². The minimum Gasteiger partial charge on any atom is -0.497 e. The van der Waals surface area contributed by atoms with Crippen LogP contribution in [0.15, 0.2) is 41.5 Å². The highest BCUT2D eigenvalue weighted by molar-refractivity contribution is 5.75. The van der Waals surface area contributed by atoms with Crippen molar-refractivity contribution < 1.29 is 9.53 Å². The van der Waals surface area contributed by atoms with Gasteiger partial charge in [0, 0.05) is 25.2 Å². The second-order valence-electron chi connectivity index (χ2n) is 9.09. The molecule has 3 aromatic rings. The Kier molecular flexibility index (Phi) is 7.08. The zero-order valence-corrected chi connectivity index (χ0v) is 19.5. The summed E-state index contributed by atoms with van der Waals surface area (Å²) >= 11 is 0. The standard InChI is InChI=1S/C24H32N6O3/c1-17-11-18(2)14-28(13-17)10-4-9-25-23(31)15-29-24(32)22-12-21(27-30(22)16-26-29)19-5-7-20(33-3)8-6-19/h5-8,12,16-18H,4,9-11,13-15H2,1-3H3,(H,25,31)/t17-,18+. The van der Waals surface area contributed by atoms with Crippen LogP contribution < -0.4 is 15.6 Å². The summed E-state index contributed by atoms with van der Waals surface area (Å²) in [6, 6.07) is 9.15. The molecule has 33 heavy (non-hydrogen) atoms. The van der Waals surface area contributed by atoms with Crippen molar-refractivity contribution in [3.8, 4) is 17.0 Å². The fraction of sp³-hybridized carbons (Fsp3) is 0.500. The second-order valence-corrected chi connectivity index (χ2v) is 9.09. The second kappa shape index (κ2) is 10.2. The van der Waals surface area contributed by atoms with Gasteiger partial charge in [-0.25, -0.2) is 9.20 Å². The Bertz CT molecular complexity index is 1140. The van der Waals surface area contributed by atoms with Crippen molar-refractivity contribution in [3.05, 3.63) is 47.0 Å². The highest BCUT2D eigenvalue weighted by Crippen LogP contribution is 2.22. The Morgan fingerprint density at radius 2 is 1.91 bits per heavy atom. The Balaban J connectivity index is 1.33. The molecule has 0 bridgehead atoms. The Morgan fingerprint density at radius 3 is 2.61 bits per heavy atom. The number of hydrogen-bond donors (Lipinski definition) is 1. The Hall–Kier alpha value is -3.20. The summed E-state index contributed by atoms with van der Waals surface area (Å²) in [7, 11) is 1.61. The van der Waals surface area contributed by atoms with E-state index in [0.717, 1.165) is 49.2 Å². The van der Waals surface area contributed by atoms with Gasteiger partial charge in [-0.1, -0.05) is 13.8 Å². The van der Waals surface area contributed by atoms with Crippen LogP contribution in [0.3, 0.4) is 0 Å². The van der Waals surface area contributed by atoms with Gasteiger partial charge in [0.1, 0.15) is 24.1 Å². The van der Waals surface area contributed by atoms with Gasteiger partial charge in [-0.2, -0.15) is 10.2 Å². The van der Waals surface area contributed by atoms with Crippen molar-refractivity contribution in [2.24, 2.45) is 11.8 Å². The molecule has 2 atom stereocenters. The van der Waals surface area contributed by atoms with Crippen molar-refractivity contribution in [3.63, 3.8) is 0 Å². The molecule has 4 rings (SSSR count). The van der Waals surface area contributed by atoms with Crippen LogP contribution in [0.25, 0.3) is 16.8 Å². The molecule has 1 aliphatic rings. The van der Waals surface area contributed by atoms with Crippen molar-refractivity contribution in [2.45, 2.75) is 33.2 Å². The summed E-state index contributed by atoms with van der Waals surface area (Å²) in [5.74, 6) is 1.98. The number of aromatic nitrogens is 4. The number of piperidine rings is 1. The normalized spacial score (nSPS) is 19.0. The van der Waals surface area contributed by atoms with Gasteiger partial charge >= 0.3 is 0 Å². The number of carbonyl (C=O) groups is 1. The first-order valence-electron chi connectivity index (χ1n) is 11.5. The number of carbonyl (C=O) groups excluding carboxylic acids is 1. The number of nitrogens with one attached hydrogen (secondary N) is 1. The lowest BCUT2D eigenvalue weighted by Gasteiger charge is -2.34. The summed E-state index contributed by atoms with van der Waals surface area (Å²) in [5.41, 5.74) is 1.54. The third-order valence-electron chi connectivity index (χ3n) is 6.09. The summed E-state index contributed by atoms with van der Waals surface area (Å²) in [6.45, 7) is 8.30. The molecular formula is C24H32N6O3. The average Bonchev–Trinajstić information content (AvgIpc) is 3.23. The van der Waals surface area contributed by atoms with Gasteiger partial charge < -0.3 is 15.0 Å². The van der Waals surface area contributed by atoms with Gasteiger partial charge in [0.25, 0.3) is 5.56 Å². The number of likely N-dealkylation sites (tertiary alicyclic amines) is 1. The molecule has 0 saturated carbocycles. The molecule has 176 valence electrons. The van der Waals surface area contributed by atoms with Crippen molar-refractivity contribution in [1.82, 2.24) is 29.6 Å². The molecule has 1 saturated heterocycles. The van der Waals surface area contributed by atoms with Crippen LogP contribution in [0.2, 0.25) is 0 Å². The van der Waals surface area contributed by atoms with Gasteiger partial charge in [-0.3, -0.25) is 9.59 Å². The van der Waals surface area contributed by atoms with E-state index < -0.39 is 0 Å². The predicted molar refractivity (Wildman–Crippen MR) is 126 cm³/mol. The van der Waals surface area contributed by atoms with Crippen molar-refractivity contribution >= 4 is 11.4 Å². The van der Waals surface area contributed by atoms with E-state index in [-0.39, 0.29) is 18.0 Å². The third kappa shape index (κ3) is 5.60. The molecule has 3 heterocycles. The van der Waals surface area contributed by atoms with E-state index in [0.29, 0.717) is 17.8 Å². The lowest BCUT2D eigenvalue weighted by Crippen LogP contribution is -2.40. The molecule has 1 amide bonds. The van der Waals surface area contributed by atoms with Gasteiger partial charge in [0.15, 0.2) is 0 Å². The minimum absolute atomic E-state index is 0.115. The number of amides is 1. The Labute approximate surface area is 193 Å².